The lowest BCUT2D eigenvalue weighted by Gasteiger charge is -2.19. The largest absolute Gasteiger partial charge is 0.382 e. The van der Waals surface area contributed by atoms with Crippen LogP contribution in [0.2, 0.25) is 0 Å². The number of imidazole rings is 1. The molecule has 2 aromatic rings. The van der Waals surface area contributed by atoms with Crippen molar-refractivity contribution in [3.63, 3.8) is 0 Å². The smallest absolute Gasteiger partial charge is 0.165 e. The van der Waals surface area contributed by atoms with Gasteiger partial charge in [0.2, 0.25) is 0 Å². The molecule has 3 heterocycles. The number of nitrogens with two attached hydrogens (primary N) is 1. The van der Waals surface area contributed by atoms with Crippen LogP contribution >= 0.6 is 0 Å². The van der Waals surface area contributed by atoms with E-state index in [1.54, 1.807) is 6.33 Å². The molecule has 1 atom stereocenters. The highest BCUT2D eigenvalue weighted by molar-refractivity contribution is 5.81. The van der Waals surface area contributed by atoms with Gasteiger partial charge in [0, 0.05) is 0 Å². The minimum absolute atomic E-state index is 0.173. The molecule has 0 aliphatic carbocycles. The van der Waals surface area contributed by atoms with E-state index in [0.717, 1.165) is 0 Å². The zero-order valence-corrected chi connectivity index (χ0v) is 14.7. The van der Waals surface area contributed by atoms with Crippen LogP contribution in [0.25, 0.3) is 11.2 Å². The van der Waals surface area contributed by atoms with Crippen molar-refractivity contribution in [2.45, 2.75) is 12.6 Å². The maximum Gasteiger partial charge on any atom is 0.165 e. The molecule has 1 fully saturated rings. The molecule has 1 aliphatic heterocycles. The molecule has 144 valence electrons. The van der Waals surface area contributed by atoms with Gasteiger partial charge in [-0.25, -0.2) is 15.0 Å². The zero-order chi connectivity index (χ0) is 18.0. The SMILES string of the molecule is Nc1ncnc2c1ncn2CC1COCCOCCOCCOCCO1. The van der Waals surface area contributed by atoms with Gasteiger partial charge in [-0.05, 0) is 0 Å². The number of ether oxygens (including phenoxy) is 5. The molecule has 1 unspecified atom stereocenters. The molecule has 0 radical (unpaired) electrons. The van der Waals surface area contributed by atoms with Crippen LogP contribution in [0.1, 0.15) is 0 Å². The Balaban J connectivity index is 1.59. The molecule has 10 nitrogen and oxygen atoms in total. The Morgan fingerprint density at radius 3 is 2.27 bits per heavy atom. The summed E-state index contributed by atoms with van der Waals surface area (Å²) in [5, 5.41) is 0. The Morgan fingerprint density at radius 2 is 1.54 bits per heavy atom. The fraction of sp³-hybridized carbons (Fsp3) is 0.688. The van der Waals surface area contributed by atoms with E-state index in [4.69, 9.17) is 29.4 Å². The minimum atomic E-state index is -0.173. The molecule has 26 heavy (non-hydrogen) atoms. The average Bonchev–Trinajstić information content (AvgIpc) is 3.05. The van der Waals surface area contributed by atoms with Crippen LogP contribution in [0.3, 0.4) is 0 Å². The summed E-state index contributed by atoms with van der Waals surface area (Å²) < 4.78 is 29.8. The normalized spacial score (nSPS) is 21.9. The lowest BCUT2D eigenvalue weighted by atomic mass is 10.3. The van der Waals surface area contributed by atoms with Crippen molar-refractivity contribution in [3.8, 4) is 0 Å². The molecule has 2 N–H and O–H groups in total. The molecule has 2 aromatic heterocycles. The third kappa shape index (κ3) is 5.58. The third-order valence-electron chi connectivity index (χ3n) is 3.83. The van der Waals surface area contributed by atoms with Gasteiger partial charge in [-0.3, -0.25) is 0 Å². The maximum absolute atomic E-state index is 5.92. The first-order valence-corrected chi connectivity index (χ1v) is 8.68. The topological polar surface area (TPSA) is 116 Å². The van der Waals surface area contributed by atoms with Crippen molar-refractivity contribution >= 4 is 17.0 Å². The lowest BCUT2D eigenvalue weighted by molar-refractivity contribution is -0.0512. The van der Waals surface area contributed by atoms with E-state index in [2.05, 4.69) is 15.0 Å². The lowest BCUT2D eigenvalue weighted by Crippen LogP contribution is -2.28. The number of hydrogen-bond donors (Lipinski definition) is 1. The number of rotatable bonds is 2. The Kier molecular flexibility index (Phi) is 7.52. The van der Waals surface area contributed by atoms with Gasteiger partial charge in [0.1, 0.15) is 11.8 Å². The highest BCUT2D eigenvalue weighted by atomic mass is 16.6. The average molecular weight is 367 g/mol. The van der Waals surface area contributed by atoms with E-state index in [9.17, 15) is 0 Å². The summed E-state index contributed by atoms with van der Waals surface area (Å²) in [6.45, 7) is 5.13. The fourth-order valence-electron chi connectivity index (χ4n) is 2.55. The minimum Gasteiger partial charge on any atom is -0.382 e. The summed E-state index contributed by atoms with van der Waals surface area (Å²) >= 11 is 0. The van der Waals surface area contributed by atoms with Crippen molar-refractivity contribution in [1.82, 2.24) is 19.5 Å². The van der Waals surface area contributed by atoms with Crippen molar-refractivity contribution in [2.75, 3.05) is 65.2 Å². The Hall–Kier alpha value is -1.85. The molecule has 0 amide bonds. The van der Waals surface area contributed by atoms with Gasteiger partial charge < -0.3 is 34.0 Å². The van der Waals surface area contributed by atoms with Crippen LogP contribution in [0.5, 0.6) is 0 Å². The summed E-state index contributed by atoms with van der Waals surface area (Å²) in [4.78, 5) is 12.5. The second kappa shape index (κ2) is 10.3. The van der Waals surface area contributed by atoms with Gasteiger partial charge in [0.05, 0.1) is 78.4 Å². The van der Waals surface area contributed by atoms with Crippen LogP contribution in [-0.4, -0.2) is 85.1 Å². The second-order valence-electron chi connectivity index (χ2n) is 5.73. The number of nitrogen functional groups attached to an aromatic ring is 1. The van der Waals surface area contributed by atoms with Crippen molar-refractivity contribution < 1.29 is 23.7 Å². The summed E-state index contributed by atoms with van der Waals surface area (Å²) in [5.41, 5.74) is 7.10. The number of anilines is 1. The molecule has 0 bridgehead atoms. The summed E-state index contributed by atoms with van der Waals surface area (Å²) in [6, 6.07) is 0. The Morgan fingerprint density at radius 1 is 0.885 bits per heavy atom. The van der Waals surface area contributed by atoms with E-state index < -0.39 is 0 Å². The van der Waals surface area contributed by atoms with Gasteiger partial charge in [-0.1, -0.05) is 0 Å². The monoisotopic (exact) mass is 367 g/mol. The van der Waals surface area contributed by atoms with Crippen molar-refractivity contribution in [3.05, 3.63) is 12.7 Å². The van der Waals surface area contributed by atoms with Gasteiger partial charge >= 0.3 is 0 Å². The van der Waals surface area contributed by atoms with E-state index in [1.165, 1.54) is 6.33 Å². The summed E-state index contributed by atoms with van der Waals surface area (Å²) in [6.07, 6.45) is 2.94. The molecule has 0 aromatic carbocycles. The quantitative estimate of drug-likeness (QED) is 0.775. The number of aromatic nitrogens is 4. The van der Waals surface area contributed by atoms with E-state index in [-0.39, 0.29) is 6.10 Å². The van der Waals surface area contributed by atoms with Crippen LogP contribution < -0.4 is 5.73 Å². The Labute approximate surface area is 151 Å². The van der Waals surface area contributed by atoms with E-state index in [0.29, 0.717) is 83.0 Å². The van der Waals surface area contributed by atoms with Gasteiger partial charge in [-0.2, -0.15) is 0 Å². The van der Waals surface area contributed by atoms with Crippen LogP contribution in [0, 0.1) is 0 Å². The van der Waals surface area contributed by atoms with Crippen LogP contribution in [-0.2, 0) is 30.2 Å². The predicted molar refractivity (Wildman–Crippen MR) is 92.8 cm³/mol. The van der Waals surface area contributed by atoms with Crippen LogP contribution in [0.15, 0.2) is 12.7 Å². The first kappa shape index (κ1) is 18.9. The van der Waals surface area contributed by atoms with Crippen molar-refractivity contribution in [2.24, 2.45) is 0 Å². The number of hydrogen-bond acceptors (Lipinski definition) is 9. The third-order valence-corrected chi connectivity index (χ3v) is 3.83. The molecule has 0 saturated carbocycles. The number of fused-ring (bicyclic) bond motifs is 1. The highest BCUT2D eigenvalue weighted by Crippen LogP contribution is 2.15. The molecule has 10 heteroatoms. The molecule has 0 spiro atoms. The molecular weight excluding hydrogens is 342 g/mol. The predicted octanol–water partition coefficient (Wildman–Crippen LogP) is -0.126. The fourth-order valence-corrected chi connectivity index (χ4v) is 2.55. The molecule has 1 aliphatic rings. The standard InChI is InChI=1S/C16H25N5O5/c17-15-14-16(19-11-18-15)21(12-20-14)9-13-10-25-6-5-23-2-1-22-3-4-24-7-8-26-13/h11-13H,1-10H2,(H2,17,18,19). The first-order chi connectivity index (χ1) is 12.8. The van der Waals surface area contributed by atoms with E-state index >= 15 is 0 Å². The van der Waals surface area contributed by atoms with E-state index in [1.807, 2.05) is 4.57 Å². The second-order valence-corrected chi connectivity index (χ2v) is 5.73. The summed E-state index contributed by atoms with van der Waals surface area (Å²) in [7, 11) is 0. The Bertz CT molecular complexity index is 652. The number of nitrogens with zero attached hydrogens (tertiary/aromatic N) is 4. The van der Waals surface area contributed by atoms with Crippen LogP contribution in [0.4, 0.5) is 5.82 Å². The summed E-state index contributed by atoms with van der Waals surface area (Å²) in [5.74, 6) is 0.362. The van der Waals surface area contributed by atoms with Gasteiger partial charge in [0.15, 0.2) is 11.5 Å². The van der Waals surface area contributed by atoms with Gasteiger partial charge in [0.25, 0.3) is 0 Å². The molecular formula is C16H25N5O5. The zero-order valence-electron chi connectivity index (χ0n) is 14.7. The van der Waals surface area contributed by atoms with Gasteiger partial charge in [-0.15, -0.1) is 0 Å². The first-order valence-electron chi connectivity index (χ1n) is 8.68. The molecule has 3 rings (SSSR count). The van der Waals surface area contributed by atoms with Crippen molar-refractivity contribution in [1.29, 1.82) is 0 Å². The maximum atomic E-state index is 5.92. The highest BCUT2D eigenvalue weighted by Gasteiger charge is 2.15. The molecule has 1 saturated heterocycles.